The van der Waals surface area contributed by atoms with Crippen molar-refractivity contribution in [1.29, 1.82) is 0 Å². The van der Waals surface area contributed by atoms with Gasteiger partial charge >= 0.3 is 0 Å². The van der Waals surface area contributed by atoms with Crippen LogP contribution in [-0.4, -0.2) is 20.3 Å². The Labute approximate surface area is 122 Å². The molecule has 0 amide bonds. The average Bonchev–Trinajstić information content (AvgIpc) is 2.44. The monoisotopic (exact) mass is 277 g/mol. The molecular weight excluding hydrogens is 250 g/mol. The summed E-state index contributed by atoms with van der Waals surface area (Å²) >= 11 is 0. The van der Waals surface area contributed by atoms with Gasteiger partial charge in [0.1, 0.15) is 0 Å². The third-order valence-electron chi connectivity index (χ3n) is 4.53. The fourth-order valence-corrected chi connectivity index (χ4v) is 3.07. The summed E-state index contributed by atoms with van der Waals surface area (Å²) < 4.78 is 10.8. The van der Waals surface area contributed by atoms with Crippen molar-refractivity contribution in [3.63, 3.8) is 0 Å². The number of anilines is 1. The number of rotatable bonds is 4. The maximum Gasteiger partial charge on any atom is 0.162 e. The second-order valence-corrected chi connectivity index (χ2v) is 6.17. The van der Waals surface area contributed by atoms with Crippen LogP contribution in [0.3, 0.4) is 0 Å². The SMILES string of the molecule is COc1cc(C)c(NC2CC(C)CCC2C)cc1OC. The molecule has 1 aliphatic rings. The normalized spacial score (nSPS) is 26.1. The lowest BCUT2D eigenvalue weighted by Crippen LogP contribution is -2.33. The van der Waals surface area contributed by atoms with Gasteiger partial charge in [-0.25, -0.2) is 0 Å². The van der Waals surface area contributed by atoms with Crippen LogP contribution in [0.4, 0.5) is 5.69 Å². The number of hydrogen-bond donors (Lipinski definition) is 1. The molecule has 20 heavy (non-hydrogen) atoms. The maximum absolute atomic E-state index is 5.40. The minimum atomic E-state index is 0.551. The molecular formula is C17H27NO2. The Balaban J connectivity index is 2.20. The van der Waals surface area contributed by atoms with E-state index in [2.05, 4.69) is 32.2 Å². The summed E-state index contributed by atoms with van der Waals surface area (Å²) in [4.78, 5) is 0. The number of benzene rings is 1. The Kier molecular flexibility index (Phi) is 4.79. The Hall–Kier alpha value is -1.38. The van der Waals surface area contributed by atoms with E-state index in [4.69, 9.17) is 9.47 Å². The molecule has 112 valence electrons. The lowest BCUT2D eigenvalue weighted by atomic mass is 9.80. The molecule has 0 aliphatic heterocycles. The van der Waals surface area contributed by atoms with Crippen LogP contribution in [0.5, 0.6) is 11.5 Å². The molecule has 0 bridgehead atoms. The van der Waals surface area contributed by atoms with E-state index >= 15 is 0 Å². The van der Waals surface area contributed by atoms with E-state index in [0.29, 0.717) is 6.04 Å². The first-order valence-corrected chi connectivity index (χ1v) is 7.54. The molecule has 0 saturated heterocycles. The average molecular weight is 277 g/mol. The molecule has 0 radical (unpaired) electrons. The van der Waals surface area contributed by atoms with Crippen molar-refractivity contribution in [2.24, 2.45) is 11.8 Å². The van der Waals surface area contributed by atoms with Gasteiger partial charge in [0.25, 0.3) is 0 Å². The van der Waals surface area contributed by atoms with Crippen LogP contribution in [0, 0.1) is 18.8 Å². The van der Waals surface area contributed by atoms with E-state index in [-0.39, 0.29) is 0 Å². The van der Waals surface area contributed by atoms with Gasteiger partial charge in [-0.1, -0.05) is 20.3 Å². The third kappa shape index (κ3) is 3.20. The highest BCUT2D eigenvalue weighted by Crippen LogP contribution is 2.36. The number of aryl methyl sites for hydroxylation is 1. The van der Waals surface area contributed by atoms with Gasteiger partial charge < -0.3 is 14.8 Å². The van der Waals surface area contributed by atoms with Crippen molar-refractivity contribution in [2.45, 2.75) is 46.1 Å². The number of hydrogen-bond acceptors (Lipinski definition) is 3. The van der Waals surface area contributed by atoms with Crippen LogP contribution in [0.1, 0.15) is 38.7 Å². The summed E-state index contributed by atoms with van der Waals surface area (Å²) in [5, 5.41) is 3.72. The molecule has 1 saturated carbocycles. The standard InChI is InChI=1S/C17H27NO2/c1-11-6-7-12(2)14(8-11)18-15-10-17(20-5)16(19-4)9-13(15)3/h9-12,14,18H,6-8H2,1-5H3. The quantitative estimate of drug-likeness (QED) is 0.892. The topological polar surface area (TPSA) is 30.5 Å². The van der Waals surface area contributed by atoms with Crippen LogP contribution in [0.15, 0.2) is 12.1 Å². The van der Waals surface area contributed by atoms with Crippen molar-refractivity contribution in [3.8, 4) is 11.5 Å². The van der Waals surface area contributed by atoms with Crippen molar-refractivity contribution in [3.05, 3.63) is 17.7 Å². The molecule has 1 aliphatic carbocycles. The Morgan fingerprint density at radius 1 is 1.05 bits per heavy atom. The Morgan fingerprint density at radius 2 is 1.70 bits per heavy atom. The highest BCUT2D eigenvalue weighted by Gasteiger charge is 2.25. The molecule has 0 heterocycles. The molecule has 3 nitrogen and oxygen atoms in total. The predicted octanol–water partition coefficient (Wildman–Crippen LogP) is 4.25. The Bertz CT molecular complexity index is 459. The molecule has 1 fully saturated rings. The lowest BCUT2D eigenvalue weighted by molar-refractivity contribution is 0.280. The lowest BCUT2D eigenvalue weighted by Gasteiger charge is -2.34. The van der Waals surface area contributed by atoms with E-state index in [0.717, 1.165) is 29.0 Å². The molecule has 1 aromatic rings. The van der Waals surface area contributed by atoms with Gasteiger partial charge in [0, 0.05) is 17.8 Å². The zero-order chi connectivity index (χ0) is 14.7. The van der Waals surface area contributed by atoms with Crippen LogP contribution in [0.2, 0.25) is 0 Å². The second-order valence-electron chi connectivity index (χ2n) is 6.17. The van der Waals surface area contributed by atoms with Crippen molar-refractivity contribution >= 4 is 5.69 Å². The minimum Gasteiger partial charge on any atom is -0.493 e. The van der Waals surface area contributed by atoms with Crippen molar-refractivity contribution in [1.82, 2.24) is 0 Å². The van der Waals surface area contributed by atoms with Gasteiger partial charge in [0.2, 0.25) is 0 Å². The summed E-state index contributed by atoms with van der Waals surface area (Å²) in [6.07, 6.45) is 3.91. The molecule has 3 unspecified atom stereocenters. The van der Waals surface area contributed by atoms with Crippen molar-refractivity contribution < 1.29 is 9.47 Å². The molecule has 3 heteroatoms. The number of methoxy groups -OCH3 is 2. The summed E-state index contributed by atoms with van der Waals surface area (Å²) in [5.74, 6) is 3.11. The molecule has 2 rings (SSSR count). The number of ether oxygens (including phenoxy) is 2. The molecule has 3 atom stereocenters. The zero-order valence-corrected chi connectivity index (χ0v) is 13.3. The van der Waals surface area contributed by atoms with Crippen LogP contribution in [-0.2, 0) is 0 Å². The second kappa shape index (κ2) is 6.38. The Morgan fingerprint density at radius 3 is 2.35 bits per heavy atom. The van der Waals surface area contributed by atoms with E-state index in [1.807, 2.05) is 6.07 Å². The predicted molar refractivity (Wildman–Crippen MR) is 83.9 cm³/mol. The van der Waals surface area contributed by atoms with Gasteiger partial charge in [-0.2, -0.15) is 0 Å². The van der Waals surface area contributed by atoms with E-state index in [1.54, 1.807) is 14.2 Å². The fourth-order valence-electron chi connectivity index (χ4n) is 3.07. The van der Waals surface area contributed by atoms with Crippen LogP contribution in [0.25, 0.3) is 0 Å². The highest BCUT2D eigenvalue weighted by molar-refractivity contribution is 5.60. The highest BCUT2D eigenvalue weighted by atomic mass is 16.5. The first-order chi connectivity index (χ1) is 9.55. The zero-order valence-electron chi connectivity index (χ0n) is 13.3. The number of nitrogens with one attached hydrogen (secondary N) is 1. The van der Waals surface area contributed by atoms with Crippen LogP contribution >= 0.6 is 0 Å². The van der Waals surface area contributed by atoms with Gasteiger partial charge in [-0.15, -0.1) is 0 Å². The first-order valence-electron chi connectivity index (χ1n) is 7.54. The van der Waals surface area contributed by atoms with E-state index in [1.165, 1.54) is 24.8 Å². The molecule has 1 N–H and O–H groups in total. The van der Waals surface area contributed by atoms with E-state index < -0.39 is 0 Å². The molecule has 1 aromatic carbocycles. The van der Waals surface area contributed by atoms with Gasteiger partial charge in [0.05, 0.1) is 14.2 Å². The van der Waals surface area contributed by atoms with Crippen LogP contribution < -0.4 is 14.8 Å². The largest absolute Gasteiger partial charge is 0.493 e. The first kappa shape index (κ1) is 15.0. The summed E-state index contributed by atoms with van der Waals surface area (Å²) in [6, 6.07) is 4.65. The van der Waals surface area contributed by atoms with E-state index in [9.17, 15) is 0 Å². The summed E-state index contributed by atoms with van der Waals surface area (Å²) in [5.41, 5.74) is 2.36. The van der Waals surface area contributed by atoms with Gasteiger partial charge in [0.15, 0.2) is 11.5 Å². The fraction of sp³-hybridized carbons (Fsp3) is 0.647. The van der Waals surface area contributed by atoms with Gasteiger partial charge in [-0.3, -0.25) is 0 Å². The summed E-state index contributed by atoms with van der Waals surface area (Å²) in [7, 11) is 3.36. The van der Waals surface area contributed by atoms with Gasteiger partial charge in [-0.05, 0) is 43.2 Å². The molecule has 0 aromatic heterocycles. The molecule has 0 spiro atoms. The smallest absolute Gasteiger partial charge is 0.162 e. The third-order valence-corrected chi connectivity index (χ3v) is 4.53. The summed E-state index contributed by atoms with van der Waals surface area (Å²) in [6.45, 7) is 6.81. The minimum absolute atomic E-state index is 0.551. The van der Waals surface area contributed by atoms with Crippen molar-refractivity contribution in [2.75, 3.05) is 19.5 Å². The maximum atomic E-state index is 5.40.